The molecule has 0 bridgehead atoms. The van der Waals surface area contributed by atoms with E-state index in [1.165, 1.54) is 0 Å². The van der Waals surface area contributed by atoms with E-state index in [-0.39, 0.29) is 0 Å². The molecule has 17 heavy (non-hydrogen) atoms. The normalized spacial score (nSPS) is 9.65. The van der Waals surface area contributed by atoms with Gasteiger partial charge in [-0.2, -0.15) is 0 Å². The van der Waals surface area contributed by atoms with E-state index in [0.717, 1.165) is 11.3 Å². The maximum atomic E-state index is 5.17. The molecule has 2 N–H and O–H groups in total. The Bertz CT molecular complexity index is 472. The summed E-state index contributed by atoms with van der Waals surface area (Å²) in [4.78, 5) is 7.95. The zero-order valence-electron chi connectivity index (χ0n) is 9.13. The molecule has 0 aliphatic heterocycles. The zero-order chi connectivity index (χ0) is 11.9. The lowest BCUT2D eigenvalue weighted by Gasteiger charge is -2.09. The van der Waals surface area contributed by atoms with Crippen LogP contribution in [0.3, 0.4) is 0 Å². The molecule has 5 heteroatoms. The van der Waals surface area contributed by atoms with Crippen molar-refractivity contribution in [3.63, 3.8) is 0 Å². The number of rotatable bonds is 3. The number of nitrogens with one attached hydrogen (secondary N) is 2. The third kappa shape index (κ3) is 3.81. The third-order valence-corrected chi connectivity index (χ3v) is 2.37. The second-order valence-corrected chi connectivity index (χ2v) is 3.81. The van der Waals surface area contributed by atoms with Crippen molar-refractivity contribution < 1.29 is 0 Å². The summed E-state index contributed by atoms with van der Waals surface area (Å²) in [6, 6.07) is 7.65. The van der Waals surface area contributed by atoms with Crippen LogP contribution in [-0.4, -0.2) is 15.1 Å². The summed E-state index contributed by atoms with van der Waals surface area (Å²) >= 11 is 5.17. The van der Waals surface area contributed by atoms with E-state index >= 15 is 0 Å². The smallest absolute Gasteiger partial charge is 0.171 e. The first-order valence-electron chi connectivity index (χ1n) is 5.18. The van der Waals surface area contributed by atoms with E-state index in [9.17, 15) is 0 Å². The van der Waals surface area contributed by atoms with Crippen molar-refractivity contribution in [1.82, 2.24) is 15.3 Å². The molecule has 0 saturated carbocycles. The molecular formula is C12H12N4S. The van der Waals surface area contributed by atoms with Crippen molar-refractivity contribution in [3.8, 4) is 0 Å². The molecule has 4 nitrogen and oxygen atoms in total. The Labute approximate surface area is 105 Å². The van der Waals surface area contributed by atoms with Crippen molar-refractivity contribution in [2.75, 3.05) is 5.32 Å². The molecule has 0 radical (unpaired) electrons. The Morgan fingerprint density at radius 1 is 1.12 bits per heavy atom. The molecule has 0 fully saturated rings. The zero-order valence-corrected chi connectivity index (χ0v) is 9.95. The molecule has 0 aliphatic rings. The van der Waals surface area contributed by atoms with Gasteiger partial charge in [0.25, 0.3) is 0 Å². The van der Waals surface area contributed by atoms with Gasteiger partial charge in [0.05, 0.1) is 11.9 Å². The van der Waals surface area contributed by atoms with Crippen molar-refractivity contribution in [1.29, 1.82) is 0 Å². The fourth-order valence-corrected chi connectivity index (χ4v) is 1.48. The highest BCUT2D eigenvalue weighted by Gasteiger charge is 1.97. The molecular weight excluding hydrogens is 232 g/mol. The first-order valence-corrected chi connectivity index (χ1v) is 5.59. The highest BCUT2D eigenvalue weighted by molar-refractivity contribution is 7.80. The molecule has 0 atom stereocenters. The van der Waals surface area contributed by atoms with Gasteiger partial charge in [0.2, 0.25) is 0 Å². The predicted molar refractivity (Wildman–Crippen MR) is 71.5 cm³/mol. The van der Waals surface area contributed by atoms with Gasteiger partial charge in [0, 0.05) is 25.1 Å². The van der Waals surface area contributed by atoms with Gasteiger partial charge >= 0.3 is 0 Å². The third-order valence-electron chi connectivity index (χ3n) is 2.12. The first kappa shape index (κ1) is 11.5. The Morgan fingerprint density at radius 3 is 2.65 bits per heavy atom. The number of anilines is 1. The van der Waals surface area contributed by atoms with Gasteiger partial charge in [-0.05, 0) is 42.0 Å². The number of nitrogens with zero attached hydrogens (tertiary/aromatic N) is 2. The van der Waals surface area contributed by atoms with E-state index in [1.807, 2.05) is 24.3 Å². The van der Waals surface area contributed by atoms with Gasteiger partial charge in [-0.1, -0.05) is 0 Å². The van der Waals surface area contributed by atoms with Crippen LogP contribution in [0.4, 0.5) is 5.69 Å². The van der Waals surface area contributed by atoms with E-state index in [4.69, 9.17) is 12.2 Å². The van der Waals surface area contributed by atoms with Crippen LogP contribution in [0.2, 0.25) is 0 Å². The molecule has 0 spiro atoms. The summed E-state index contributed by atoms with van der Waals surface area (Å²) in [7, 11) is 0. The Hall–Kier alpha value is -2.01. The van der Waals surface area contributed by atoms with Gasteiger partial charge < -0.3 is 10.6 Å². The topological polar surface area (TPSA) is 49.8 Å². The lowest BCUT2D eigenvalue weighted by molar-refractivity contribution is 0.921. The van der Waals surface area contributed by atoms with E-state index < -0.39 is 0 Å². The molecule has 2 heterocycles. The largest absolute Gasteiger partial charge is 0.358 e. The minimum Gasteiger partial charge on any atom is -0.358 e. The maximum Gasteiger partial charge on any atom is 0.171 e. The van der Waals surface area contributed by atoms with Crippen molar-refractivity contribution in [2.24, 2.45) is 0 Å². The van der Waals surface area contributed by atoms with Gasteiger partial charge in [-0.3, -0.25) is 9.97 Å². The number of thiocarbonyl (C=S) groups is 1. The summed E-state index contributed by atoms with van der Waals surface area (Å²) in [5, 5.41) is 6.75. The molecule has 2 aromatic heterocycles. The van der Waals surface area contributed by atoms with Crippen molar-refractivity contribution in [2.45, 2.75) is 6.54 Å². The first-order chi connectivity index (χ1) is 8.34. The van der Waals surface area contributed by atoms with Gasteiger partial charge in [0.1, 0.15) is 0 Å². The SMILES string of the molecule is S=C(NCc1ccncc1)Nc1cccnc1. The summed E-state index contributed by atoms with van der Waals surface area (Å²) in [5.41, 5.74) is 2.01. The molecule has 0 unspecified atom stereocenters. The van der Waals surface area contributed by atoms with Crippen LogP contribution in [0.1, 0.15) is 5.56 Å². The molecule has 0 aliphatic carbocycles. The average Bonchev–Trinajstić information content (AvgIpc) is 2.39. The maximum absolute atomic E-state index is 5.17. The summed E-state index contributed by atoms with van der Waals surface area (Å²) < 4.78 is 0. The number of hydrogen-bond acceptors (Lipinski definition) is 3. The number of hydrogen-bond donors (Lipinski definition) is 2. The Balaban J connectivity index is 1.83. The molecule has 0 aromatic carbocycles. The average molecular weight is 244 g/mol. The fourth-order valence-electron chi connectivity index (χ4n) is 1.29. The summed E-state index contributed by atoms with van der Waals surface area (Å²) in [6.07, 6.45) is 6.96. The fraction of sp³-hybridized carbons (Fsp3) is 0.0833. The van der Waals surface area contributed by atoms with Crippen molar-refractivity contribution in [3.05, 3.63) is 54.6 Å². The minimum absolute atomic E-state index is 0.579. The Kier molecular flexibility index (Phi) is 3.99. The summed E-state index contributed by atoms with van der Waals surface area (Å²) in [6.45, 7) is 0.675. The van der Waals surface area contributed by atoms with Gasteiger partial charge in [-0.25, -0.2) is 0 Å². The van der Waals surface area contributed by atoms with Crippen LogP contribution in [0.5, 0.6) is 0 Å². The van der Waals surface area contributed by atoms with Crippen LogP contribution in [0, 0.1) is 0 Å². The van der Waals surface area contributed by atoms with E-state index in [2.05, 4.69) is 20.6 Å². The van der Waals surface area contributed by atoms with Crippen LogP contribution >= 0.6 is 12.2 Å². The van der Waals surface area contributed by atoms with Crippen LogP contribution in [0.15, 0.2) is 49.1 Å². The second-order valence-electron chi connectivity index (χ2n) is 3.40. The number of pyridine rings is 2. The van der Waals surface area contributed by atoms with Crippen LogP contribution in [0.25, 0.3) is 0 Å². The standard InChI is InChI=1S/C12H12N4S/c17-12(16-11-2-1-5-14-9-11)15-8-10-3-6-13-7-4-10/h1-7,9H,8H2,(H2,15,16,17). The van der Waals surface area contributed by atoms with Crippen LogP contribution < -0.4 is 10.6 Å². The van der Waals surface area contributed by atoms with E-state index in [1.54, 1.807) is 24.8 Å². The molecule has 0 amide bonds. The molecule has 0 saturated heterocycles. The monoisotopic (exact) mass is 244 g/mol. The van der Waals surface area contributed by atoms with Crippen molar-refractivity contribution >= 4 is 23.0 Å². The molecule has 86 valence electrons. The predicted octanol–water partition coefficient (Wildman–Crippen LogP) is 1.96. The highest BCUT2D eigenvalue weighted by Crippen LogP contribution is 2.02. The van der Waals surface area contributed by atoms with E-state index in [0.29, 0.717) is 11.7 Å². The molecule has 2 rings (SSSR count). The lowest BCUT2D eigenvalue weighted by Crippen LogP contribution is -2.27. The summed E-state index contributed by atoms with van der Waals surface area (Å²) in [5.74, 6) is 0. The van der Waals surface area contributed by atoms with Gasteiger partial charge in [0.15, 0.2) is 5.11 Å². The lowest BCUT2D eigenvalue weighted by atomic mass is 10.3. The highest BCUT2D eigenvalue weighted by atomic mass is 32.1. The van der Waals surface area contributed by atoms with Gasteiger partial charge in [-0.15, -0.1) is 0 Å². The second kappa shape index (κ2) is 5.91. The van der Waals surface area contributed by atoms with Crippen LogP contribution in [-0.2, 0) is 6.54 Å². The molecule has 2 aromatic rings. The number of aromatic nitrogens is 2. The Morgan fingerprint density at radius 2 is 1.94 bits per heavy atom. The quantitative estimate of drug-likeness (QED) is 0.808. The minimum atomic E-state index is 0.579.